The smallest absolute Gasteiger partial charge is 0.347 e. The highest BCUT2D eigenvalue weighted by atomic mass is 79.9. The monoisotopic (exact) mass is 759 g/mol. The first-order chi connectivity index (χ1) is 20.2. The van der Waals surface area contributed by atoms with Gasteiger partial charge in [0.2, 0.25) is 5.82 Å². The van der Waals surface area contributed by atoms with Gasteiger partial charge in [-0.2, -0.15) is 9.78 Å². The Labute approximate surface area is 265 Å². The summed E-state index contributed by atoms with van der Waals surface area (Å²) in [4.78, 5) is 30.6. The highest BCUT2D eigenvalue weighted by Gasteiger charge is 2.23. The molecule has 1 atom stereocenters. The lowest BCUT2D eigenvalue weighted by Crippen LogP contribution is -2.26. The van der Waals surface area contributed by atoms with E-state index in [0.29, 0.717) is 54.9 Å². The van der Waals surface area contributed by atoms with Crippen molar-refractivity contribution in [1.29, 1.82) is 0 Å². The van der Waals surface area contributed by atoms with Gasteiger partial charge in [0.15, 0.2) is 23.4 Å². The maximum Gasteiger partial charge on any atom is 0.347 e. The molecule has 0 N–H and O–H groups in total. The van der Waals surface area contributed by atoms with E-state index in [4.69, 9.17) is 23.6 Å². The number of nitrogens with zero attached hydrogens (tertiary/aromatic N) is 3. The number of ether oxygens (including phenoxy) is 3. The summed E-state index contributed by atoms with van der Waals surface area (Å²) in [7, 11) is 0. The van der Waals surface area contributed by atoms with Gasteiger partial charge < -0.3 is 18.6 Å². The number of hydrogen-bond donors (Lipinski definition) is 0. The van der Waals surface area contributed by atoms with Crippen LogP contribution in [0.15, 0.2) is 82.3 Å². The predicted molar refractivity (Wildman–Crippen MR) is 172 cm³/mol. The van der Waals surface area contributed by atoms with E-state index in [0.717, 1.165) is 9.86 Å². The molecule has 5 rings (SSSR count). The van der Waals surface area contributed by atoms with Gasteiger partial charge >= 0.3 is 5.97 Å². The van der Waals surface area contributed by atoms with E-state index in [1.54, 1.807) is 38.1 Å². The third-order valence-electron chi connectivity index (χ3n) is 6.13. The maximum absolute atomic E-state index is 13.7. The first-order valence-corrected chi connectivity index (χ1v) is 15.3. The highest BCUT2D eigenvalue weighted by molar-refractivity contribution is 9.13. The zero-order valence-electron chi connectivity index (χ0n) is 22.7. The highest BCUT2D eigenvalue weighted by Crippen LogP contribution is 2.43. The minimum absolute atomic E-state index is 0.238. The molecule has 0 saturated carbocycles. The number of carbonyl (C=O) groups excluding carboxylic acids is 1. The number of halogens is 3. The molecular formula is C30H24Br3N3O6. The second kappa shape index (κ2) is 12.8. The summed E-state index contributed by atoms with van der Waals surface area (Å²) in [5.41, 5.74) is 1.37. The zero-order chi connectivity index (χ0) is 30.0. The predicted octanol–water partition coefficient (Wildman–Crippen LogP) is 7.71. The number of rotatable bonds is 9. The van der Waals surface area contributed by atoms with Crippen molar-refractivity contribution < 1.29 is 23.4 Å². The molecule has 0 aliphatic carbocycles. The van der Waals surface area contributed by atoms with Gasteiger partial charge in [-0.1, -0.05) is 28.1 Å². The zero-order valence-corrected chi connectivity index (χ0v) is 27.4. The van der Waals surface area contributed by atoms with Crippen LogP contribution in [-0.4, -0.2) is 41.2 Å². The van der Waals surface area contributed by atoms with Gasteiger partial charge in [0.25, 0.3) is 5.56 Å². The molecule has 0 unspecified atom stereocenters. The van der Waals surface area contributed by atoms with E-state index in [1.807, 2.05) is 37.3 Å². The molecule has 2 aromatic heterocycles. The summed E-state index contributed by atoms with van der Waals surface area (Å²) >= 11 is 10.6. The molecule has 12 heteroatoms. The number of fused-ring (bicyclic) bond motifs is 2. The third kappa shape index (κ3) is 6.02. The van der Waals surface area contributed by atoms with Gasteiger partial charge in [0, 0.05) is 19.9 Å². The number of esters is 1. The lowest BCUT2D eigenvalue weighted by molar-refractivity contribution is -0.150. The van der Waals surface area contributed by atoms with Gasteiger partial charge in [0.05, 0.1) is 34.8 Å². The number of carbonyl (C=O) groups is 1. The van der Waals surface area contributed by atoms with Crippen molar-refractivity contribution in [1.82, 2.24) is 9.66 Å². The van der Waals surface area contributed by atoms with Crippen molar-refractivity contribution >= 4 is 81.8 Å². The summed E-state index contributed by atoms with van der Waals surface area (Å²) in [6.07, 6.45) is 0.636. The van der Waals surface area contributed by atoms with E-state index in [1.165, 1.54) is 10.9 Å². The van der Waals surface area contributed by atoms with Crippen LogP contribution in [0.4, 0.5) is 0 Å². The maximum atomic E-state index is 13.7. The quantitative estimate of drug-likeness (QED) is 0.112. The molecule has 42 heavy (non-hydrogen) atoms. The molecular weight excluding hydrogens is 738 g/mol. The number of benzene rings is 3. The fourth-order valence-corrected chi connectivity index (χ4v) is 5.48. The van der Waals surface area contributed by atoms with Gasteiger partial charge in [-0.25, -0.2) is 9.78 Å². The summed E-state index contributed by atoms with van der Waals surface area (Å²) in [5, 5.41) is 5.81. The molecule has 0 radical (unpaired) electrons. The molecule has 3 aromatic carbocycles. The van der Waals surface area contributed by atoms with Crippen LogP contribution in [0.25, 0.3) is 33.5 Å². The lowest BCUT2D eigenvalue weighted by Gasteiger charge is -2.19. The molecule has 0 amide bonds. The first kappa shape index (κ1) is 30.0. The van der Waals surface area contributed by atoms with Crippen LogP contribution < -0.4 is 15.0 Å². The normalized spacial score (nSPS) is 12.2. The number of para-hydroxylation sites is 1. The Morgan fingerprint density at radius 2 is 1.86 bits per heavy atom. The third-order valence-corrected chi connectivity index (χ3v) is 8.77. The Balaban J connectivity index is 1.63. The van der Waals surface area contributed by atoms with Crippen molar-refractivity contribution in [2.75, 3.05) is 13.2 Å². The fourth-order valence-electron chi connectivity index (χ4n) is 4.19. The second-order valence-corrected chi connectivity index (χ2v) is 11.5. The summed E-state index contributed by atoms with van der Waals surface area (Å²) < 4.78 is 26.1. The molecule has 0 fully saturated rings. The van der Waals surface area contributed by atoms with Crippen molar-refractivity contribution in [2.45, 2.75) is 26.9 Å². The fraction of sp³-hybridized carbons (Fsp3) is 0.200. The van der Waals surface area contributed by atoms with E-state index in [-0.39, 0.29) is 18.0 Å². The number of furan rings is 1. The van der Waals surface area contributed by atoms with Gasteiger partial charge in [-0.3, -0.25) is 4.79 Å². The number of aromatic nitrogens is 2. The summed E-state index contributed by atoms with van der Waals surface area (Å²) in [6.45, 7) is 5.74. The largest absolute Gasteiger partial charge is 0.490 e. The van der Waals surface area contributed by atoms with Crippen molar-refractivity contribution in [3.05, 3.63) is 83.9 Å². The Kier molecular flexibility index (Phi) is 9.14. The van der Waals surface area contributed by atoms with Crippen molar-refractivity contribution in [2.24, 2.45) is 5.10 Å². The number of hydrogen-bond acceptors (Lipinski definition) is 8. The minimum Gasteiger partial charge on any atom is -0.490 e. The van der Waals surface area contributed by atoms with Crippen molar-refractivity contribution in [3.63, 3.8) is 0 Å². The van der Waals surface area contributed by atoms with Gasteiger partial charge in [-0.15, -0.1) is 0 Å². The van der Waals surface area contributed by atoms with E-state index in [9.17, 15) is 9.59 Å². The molecule has 5 aromatic rings. The van der Waals surface area contributed by atoms with E-state index in [2.05, 4.69) is 52.9 Å². The van der Waals surface area contributed by atoms with Gasteiger partial charge in [-0.05, 0) is 95.1 Å². The van der Waals surface area contributed by atoms with Gasteiger partial charge in [0.1, 0.15) is 5.58 Å². The van der Waals surface area contributed by atoms with Crippen LogP contribution in [0.1, 0.15) is 26.3 Å². The summed E-state index contributed by atoms with van der Waals surface area (Å²) in [6, 6.07) is 16.2. The Bertz CT molecular complexity index is 1900. The lowest BCUT2D eigenvalue weighted by atomic mass is 10.2. The minimum atomic E-state index is -0.874. The topological polar surface area (TPSA) is 105 Å². The average Bonchev–Trinajstić information content (AvgIpc) is 3.40. The van der Waals surface area contributed by atoms with Crippen LogP contribution in [0.5, 0.6) is 11.5 Å². The molecule has 2 heterocycles. The molecule has 0 aliphatic rings. The van der Waals surface area contributed by atoms with Crippen LogP contribution >= 0.6 is 47.8 Å². The second-order valence-electron chi connectivity index (χ2n) is 8.97. The Morgan fingerprint density at radius 1 is 1.07 bits per heavy atom. The standard InChI is InChI=1S/C30H24Br3N3O6/c1-4-39-23-14-18(25(32)26(33)27(23)41-16(3)30(38)40-5-2)15-34-36-28(35-21-9-7-6-8-20(21)29(36)37)24-13-17-12-19(31)10-11-22(17)42-24/h6-16H,4-5H2,1-3H3/t16-/m1/s1. The Hall–Kier alpha value is -3.48. The van der Waals surface area contributed by atoms with E-state index >= 15 is 0 Å². The SMILES string of the molecule is CCOC(=O)[C@@H](C)Oc1c(OCC)cc(C=Nn2c(-c3cc4cc(Br)ccc4o3)nc3ccccc3c2=O)c(Br)c1Br. The van der Waals surface area contributed by atoms with Crippen molar-refractivity contribution in [3.8, 4) is 23.1 Å². The van der Waals surface area contributed by atoms with Crippen LogP contribution in [0.2, 0.25) is 0 Å². The molecule has 0 spiro atoms. The summed E-state index contributed by atoms with van der Waals surface area (Å²) in [5.74, 6) is 0.820. The first-order valence-electron chi connectivity index (χ1n) is 13.0. The van der Waals surface area contributed by atoms with Crippen LogP contribution in [0.3, 0.4) is 0 Å². The van der Waals surface area contributed by atoms with Crippen LogP contribution in [-0.2, 0) is 9.53 Å². The molecule has 9 nitrogen and oxygen atoms in total. The molecule has 216 valence electrons. The molecule has 0 bridgehead atoms. The van der Waals surface area contributed by atoms with E-state index < -0.39 is 12.1 Å². The molecule has 0 aliphatic heterocycles. The van der Waals surface area contributed by atoms with Crippen LogP contribution in [0, 0.1) is 0 Å². The average molecular weight is 762 g/mol. The Morgan fingerprint density at radius 3 is 2.62 bits per heavy atom. The molecule has 0 saturated heterocycles.